The Balaban J connectivity index is 0.963. The lowest BCUT2D eigenvalue weighted by Crippen LogP contribution is -2.30. The molecule has 0 N–H and O–H groups in total. The van der Waals surface area contributed by atoms with E-state index in [2.05, 4.69) is 272 Å². The lowest BCUT2D eigenvalue weighted by Gasteiger charge is -2.42. The number of hydrogen-bond acceptors (Lipinski definition) is 2. The van der Waals surface area contributed by atoms with E-state index in [4.69, 9.17) is 0 Å². The number of aromatic nitrogens is 1. The van der Waals surface area contributed by atoms with Crippen LogP contribution in [0.25, 0.3) is 60.9 Å². The highest BCUT2D eigenvalue weighted by molar-refractivity contribution is 6.12. The first-order valence-corrected chi connectivity index (χ1v) is 23.6. The number of allylic oxidation sites excluding steroid dienone is 4. The normalized spacial score (nSPS) is 15.0. The van der Waals surface area contributed by atoms with Crippen LogP contribution in [0.3, 0.4) is 0 Å². The molecule has 1 atom stereocenters. The van der Waals surface area contributed by atoms with Crippen molar-refractivity contribution in [1.82, 2.24) is 4.57 Å². The molecule has 67 heavy (non-hydrogen) atoms. The average molecular weight is 862 g/mol. The van der Waals surface area contributed by atoms with Gasteiger partial charge in [0.05, 0.1) is 22.4 Å². The van der Waals surface area contributed by atoms with Gasteiger partial charge in [0.2, 0.25) is 0 Å². The van der Waals surface area contributed by atoms with Crippen molar-refractivity contribution in [1.29, 1.82) is 0 Å². The van der Waals surface area contributed by atoms with E-state index in [0.717, 1.165) is 29.2 Å². The topological polar surface area (TPSA) is 11.4 Å². The molecule has 0 saturated carbocycles. The predicted molar refractivity (Wildman–Crippen MR) is 284 cm³/mol. The third kappa shape index (κ3) is 7.06. The number of nitrogens with zero attached hydrogens (tertiary/aromatic N) is 3. The van der Waals surface area contributed by atoms with Gasteiger partial charge in [0.1, 0.15) is 0 Å². The molecule has 3 nitrogen and oxygen atoms in total. The van der Waals surface area contributed by atoms with Gasteiger partial charge < -0.3 is 14.4 Å². The van der Waals surface area contributed by atoms with Crippen molar-refractivity contribution >= 4 is 61.6 Å². The second kappa shape index (κ2) is 16.4. The van der Waals surface area contributed by atoms with Gasteiger partial charge >= 0.3 is 0 Å². The molecule has 322 valence electrons. The smallest absolute Gasteiger partial charge is 0.0542 e. The Labute approximate surface area is 393 Å². The summed E-state index contributed by atoms with van der Waals surface area (Å²) in [5, 5.41) is 2.49. The largest absolute Gasteiger partial charge is 0.310 e. The van der Waals surface area contributed by atoms with Gasteiger partial charge in [-0.25, -0.2) is 0 Å². The van der Waals surface area contributed by atoms with Crippen molar-refractivity contribution in [2.45, 2.75) is 32.6 Å². The lowest BCUT2D eigenvalue weighted by atomic mass is 9.72. The molecule has 10 aromatic rings. The average Bonchev–Trinajstić information content (AvgIpc) is 3.71. The standard InChI is InChI=1S/C64H51N3/c1-44-16-15-23-54(40-44)67-60-25-14-13-24-56(60)57-43-55(36-39-61(57)67)65(52-32-26-47(27-33-52)45-17-7-4-8-18-45)53-34-28-48(29-35-53)50-31-38-63-59(42-50)64(2,3)58-41-49(46-19-9-5-10-20-46)30-37-62(58)66(63)51-21-11-6-12-22-51/h4-15,17-44H,16H2,1-3H3. The third-order valence-electron chi connectivity index (χ3n) is 14.1. The summed E-state index contributed by atoms with van der Waals surface area (Å²) in [7, 11) is 0. The Morgan fingerprint density at radius 3 is 1.52 bits per heavy atom. The van der Waals surface area contributed by atoms with Gasteiger partial charge in [-0.1, -0.05) is 166 Å². The SMILES string of the molecule is CC1C=C(n2c3ccccc3c3cc(N(c4ccc(-c5ccccc5)cc4)c4ccc(-c5ccc6c(c5)C(C)(C)c5cc(-c7ccccc7)ccc5N6c5ccccc5)cc4)ccc32)C=CC1. The molecule has 1 unspecified atom stereocenters. The molecule has 1 aliphatic heterocycles. The van der Waals surface area contributed by atoms with Crippen LogP contribution in [0.1, 0.15) is 38.3 Å². The quantitative estimate of drug-likeness (QED) is 0.151. The van der Waals surface area contributed by atoms with Crippen molar-refractivity contribution in [2.24, 2.45) is 5.92 Å². The van der Waals surface area contributed by atoms with Crippen LogP contribution in [-0.2, 0) is 5.41 Å². The Hall–Kier alpha value is -8.14. The number of hydrogen-bond donors (Lipinski definition) is 0. The van der Waals surface area contributed by atoms with Crippen LogP contribution in [-0.4, -0.2) is 4.57 Å². The first kappa shape index (κ1) is 40.4. The van der Waals surface area contributed by atoms with E-state index >= 15 is 0 Å². The minimum atomic E-state index is -0.261. The van der Waals surface area contributed by atoms with E-state index in [1.165, 1.54) is 83.4 Å². The molecule has 1 aliphatic carbocycles. The molecule has 0 fully saturated rings. The van der Waals surface area contributed by atoms with Crippen molar-refractivity contribution in [3.05, 3.63) is 248 Å². The summed E-state index contributed by atoms with van der Waals surface area (Å²) in [5.41, 5.74) is 20.2. The summed E-state index contributed by atoms with van der Waals surface area (Å²) < 4.78 is 2.44. The Kier molecular flexibility index (Phi) is 9.87. The fourth-order valence-electron chi connectivity index (χ4n) is 10.6. The number of anilines is 6. The van der Waals surface area contributed by atoms with Crippen LogP contribution in [0.2, 0.25) is 0 Å². The van der Waals surface area contributed by atoms with Crippen LogP contribution in [0.15, 0.2) is 237 Å². The van der Waals surface area contributed by atoms with Gasteiger partial charge in [-0.15, -0.1) is 0 Å². The maximum Gasteiger partial charge on any atom is 0.0542 e. The summed E-state index contributed by atoms with van der Waals surface area (Å²) in [6.45, 7) is 7.06. The van der Waals surface area contributed by atoms with Crippen LogP contribution < -0.4 is 9.80 Å². The van der Waals surface area contributed by atoms with Crippen molar-refractivity contribution in [2.75, 3.05) is 9.80 Å². The van der Waals surface area contributed by atoms with Crippen LogP contribution in [0.4, 0.5) is 34.1 Å². The Morgan fingerprint density at radius 1 is 0.448 bits per heavy atom. The minimum Gasteiger partial charge on any atom is -0.310 e. The number of benzene rings is 9. The van der Waals surface area contributed by atoms with Gasteiger partial charge in [-0.05, 0) is 148 Å². The highest BCUT2D eigenvalue weighted by Gasteiger charge is 2.37. The molecular formula is C64H51N3. The van der Waals surface area contributed by atoms with Gasteiger partial charge in [0.25, 0.3) is 0 Å². The molecule has 0 amide bonds. The molecular weight excluding hydrogens is 811 g/mol. The lowest BCUT2D eigenvalue weighted by molar-refractivity contribution is 0.632. The van der Waals surface area contributed by atoms with Gasteiger partial charge in [0, 0.05) is 44.6 Å². The number of para-hydroxylation sites is 2. The van der Waals surface area contributed by atoms with Gasteiger partial charge in [-0.2, -0.15) is 0 Å². The summed E-state index contributed by atoms with van der Waals surface area (Å²) in [6, 6.07) is 80.2. The van der Waals surface area contributed by atoms with Crippen molar-refractivity contribution < 1.29 is 0 Å². The van der Waals surface area contributed by atoms with E-state index in [-0.39, 0.29) is 5.41 Å². The van der Waals surface area contributed by atoms with E-state index in [9.17, 15) is 0 Å². The van der Waals surface area contributed by atoms with Crippen molar-refractivity contribution in [3.8, 4) is 33.4 Å². The Bertz CT molecular complexity index is 3510. The maximum atomic E-state index is 2.44. The molecule has 9 aromatic carbocycles. The molecule has 0 spiro atoms. The third-order valence-corrected chi connectivity index (χ3v) is 14.1. The molecule has 0 bridgehead atoms. The summed E-state index contributed by atoms with van der Waals surface area (Å²) >= 11 is 0. The monoisotopic (exact) mass is 861 g/mol. The number of rotatable bonds is 8. The second-order valence-corrected chi connectivity index (χ2v) is 18.7. The first-order chi connectivity index (χ1) is 32.9. The highest BCUT2D eigenvalue weighted by Crippen LogP contribution is 2.53. The zero-order valence-electron chi connectivity index (χ0n) is 38.1. The van der Waals surface area contributed by atoms with E-state index in [0.29, 0.717) is 5.92 Å². The first-order valence-electron chi connectivity index (χ1n) is 23.6. The molecule has 3 heteroatoms. The molecule has 0 saturated heterocycles. The molecule has 2 heterocycles. The fraction of sp³-hybridized carbons (Fsp3) is 0.0938. The maximum absolute atomic E-state index is 2.44. The fourth-order valence-corrected chi connectivity index (χ4v) is 10.6. The molecule has 12 rings (SSSR count). The second-order valence-electron chi connectivity index (χ2n) is 18.7. The summed E-state index contributed by atoms with van der Waals surface area (Å²) in [5.74, 6) is 0.495. The zero-order valence-corrected chi connectivity index (χ0v) is 38.1. The highest BCUT2D eigenvalue weighted by atomic mass is 15.2. The molecule has 0 radical (unpaired) electrons. The van der Waals surface area contributed by atoms with E-state index in [1.54, 1.807) is 0 Å². The van der Waals surface area contributed by atoms with Crippen LogP contribution >= 0.6 is 0 Å². The molecule has 1 aromatic heterocycles. The van der Waals surface area contributed by atoms with Crippen LogP contribution in [0.5, 0.6) is 0 Å². The summed E-state index contributed by atoms with van der Waals surface area (Å²) in [6.07, 6.45) is 8.07. The Morgan fingerprint density at radius 2 is 0.925 bits per heavy atom. The summed E-state index contributed by atoms with van der Waals surface area (Å²) in [4.78, 5) is 4.84. The van der Waals surface area contributed by atoms with Gasteiger partial charge in [0.15, 0.2) is 0 Å². The van der Waals surface area contributed by atoms with E-state index in [1.807, 2.05) is 0 Å². The minimum absolute atomic E-state index is 0.261. The molecule has 2 aliphatic rings. The number of fused-ring (bicyclic) bond motifs is 5. The van der Waals surface area contributed by atoms with Crippen LogP contribution in [0, 0.1) is 5.92 Å². The predicted octanol–water partition coefficient (Wildman–Crippen LogP) is 17.8. The van der Waals surface area contributed by atoms with Gasteiger partial charge in [-0.3, -0.25) is 0 Å². The van der Waals surface area contributed by atoms with E-state index < -0.39 is 0 Å². The van der Waals surface area contributed by atoms with Crippen molar-refractivity contribution in [3.63, 3.8) is 0 Å². The zero-order chi connectivity index (χ0) is 45.1.